The molecular weight excluding hydrogens is 436 g/mol. The summed E-state index contributed by atoms with van der Waals surface area (Å²) in [4.78, 5) is 0. The number of rotatable bonds is 13. The first-order valence-corrected chi connectivity index (χ1v) is 12.7. The number of hydrogen-bond donors (Lipinski definition) is 0. The molecule has 0 aliphatic rings. The van der Waals surface area contributed by atoms with Gasteiger partial charge < -0.3 is 9.47 Å². The van der Waals surface area contributed by atoms with Gasteiger partial charge in [0.2, 0.25) is 0 Å². The highest BCUT2D eigenvalue weighted by molar-refractivity contribution is 7.80. The van der Waals surface area contributed by atoms with Crippen molar-refractivity contribution in [1.82, 2.24) is 0 Å². The summed E-state index contributed by atoms with van der Waals surface area (Å²) in [6, 6.07) is 24.8. The highest BCUT2D eigenvalue weighted by atomic mass is 32.1. The van der Waals surface area contributed by atoms with E-state index in [1.54, 1.807) is 0 Å². The molecule has 1 atom stereocenters. The molecule has 0 aliphatic carbocycles. The molecule has 0 amide bonds. The average Bonchev–Trinajstić information content (AvgIpc) is 2.88. The van der Waals surface area contributed by atoms with E-state index in [1.165, 1.54) is 0 Å². The third-order valence-corrected chi connectivity index (χ3v) is 5.89. The van der Waals surface area contributed by atoms with Crippen LogP contribution in [0.2, 0.25) is 0 Å². The second-order valence-corrected chi connectivity index (χ2v) is 8.83. The van der Waals surface area contributed by atoms with Gasteiger partial charge in [0.1, 0.15) is 11.5 Å². The van der Waals surface area contributed by atoms with Gasteiger partial charge >= 0.3 is 0 Å². The Kier molecular flexibility index (Phi) is 10.9. The van der Waals surface area contributed by atoms with Gasteiger partial charge in [-0.3, -0.25) is 0 Å². The smallest absolute Gasteiger partial charge is 0.119 e. The Morgan fingerprint density at radius 3 is 1.76 bits per heavy atom. The zero-order chi connectivity index (χ0) is 24.0. The Morgan fingerprint density at radius 1 is 0.676 bits per heavy atom. The summed E-state index contributed by atoms with van der Waals surface area (Å²) >= 11 is 5.75. The van der Waals surface area contributed by atoms with Crippen LogP contribution in [0.25, 0.3) is 18.2 Å². The van der Waals surface area contributed by atoms with E-state index in [-0.39, 0.29) is 5.25 Å². The van der Waals surface area contributed by atoms with Crippen molar-refractivity contribution in [2.45, 2.75) is 44.8 Å². The maximum absolute atomic E-state index is 5.75. The second-order valence-electron chi connectivity index (χ2n) is 8.33. The first kappa shape index (κ1) is 25.7. The van der Waals surface area contributed by atoms with E-state index in [0.29, 0.717) is 0 Å². The lowest BCUT2D eigenvalue weighted by Gasteiger charge is -2.07. The van der Waals surface area contributed by atoms with E-state index in [1.807, 2.05) is 24.3 Å². The minimum Gasteiger partial charge on any atom is -0.494 e. The summed E-state index contributed by atoms with van der Waals surface area (Å²) < 4.78 is 11.5. The molecule has 0 heterocycles. The van der Waals surface area contributed by atoms with Crippen molar-refractivity contribution < 1.29 is 9.47 Å². The Labute approximate surface area is 210 Å². The molecule has 1 radical (unpaired) electrons. The van der Waals surface area contributed by atoms with Gasteiger partial charge in [-0.1, -0.05) is 112 Å². The minimum atomic E-state index is -0.0895. The summed E-state index contributed by atoms with van der Waals surface area (Å²) in [6.45, 7) is 5.87. The fraction of sp³-hybridized carbons (Fsp3) is 0.290. The van der Waals surface area contributed by atoms with Crippen LogP contribution in [0.15, 0.2) is 78.9 Å². The van der Waals surface area contributed by atoms with Crippen LogP contribution in [0.3, 0.4) is 0 Å². The molecule has 3 aromatic carbocycles. The van der Waals surface area contributed by atoms with Crippen LogP contribution in [0, 0.1) is 0 Å². The first-order chi connectivity index (χ1) is 16.7. The molecule has 0 saturated carbocycles. The van der Waals surface area contributed by atoms with Gasteiger partial charge in [-0.05, 0) is 59.4 Å². The zero-order valence-electron chi connectivity index (χ0n) is 20.3. The first-order valence-electron chi connectivity index (χ1n) is 12.3. The normalized spacial score (nSPS) is 12.3. The minimum absolute atomic E-state index is 0.0895. The molecule has 0 aliphatic heterocycles. The standard InChI is InChI=1S/C31H35O2S/c1-3-5-22-32-29-17-12-25(13-18-29)10-11-27-8-7-9-28(24-27)31(34)21-16-26-14-19-30(20-15-26)33-23-6-4-2/h7-21,24,31H,3-6,22-23H2,1-2H3/b11-10+,21-16+. The molecular formula is C31H35O2S. The molecule has 2 nitrogen and oxygen atoms in total. The largest absolute Gasteiger partial charge is 0.494 e. The lowest BCUT2D eigenvalue weighted by molar-refractivity contribution is 0.309. The molecule has 0 spiro atoms. The van der Waals surface area contributed by atoms with Crippen LogP contribution in [-0.4, -0.2) is 13.2 Å². The Bertz CT molecular complexity index is 1040. The fourth-order valence-electron chi connectivity index (χ4n) is 3.36. The molecule has 3 aromatic rings. The monoisotopic (exact) mass is 471 g/mol. The van der Waals surface area contributed by atoms with Gasteiger partial charge in [-0.25, -0.2) is 0 Å². The van der Waals surface area contributed by atoms with Crippen molar-refractivity contribution in [2.24, 2.45) is 0 Å². The van der Waals surface area contributed by atoms with Gasteiger partial charge in [0.05, 0.1) is 18.5 Å². The highest BCUT2D eigenvalue weighted by Crippen LogP contribution is 2.25. The lowest BCUT2D eigenvalue weighted by atomic mass is 10.1. The molecule has 0 saturated heterocycles. The van der Waals surface area contributed by atoms with Crippen molar-refractivity contribution in [3.8, 4) is 11.5 Å². The SMILES string of the molecule is CCCCOc1ccc(/C=C/c2cccc(C([S])/C=C/c3ccc(OCCCC)cc3)c2)cc1. The fourth-order valence-corrected chi connectivity index (χ4v) is 3.59. The summed E-state index contributed by atoms with van der Waals surface area (Å²) in [5.74, 6) is 1.84. The van der Waals surface area contributed by atoms with Gasteiger partial charge in [0.25, 0.3) is 0 Å². The number of unbranched alkanes of at least 4 members (excludes halogenated alkanes) is 2. The molecule has 0 fully saturated rings. The van der Waals surface area contributed by atoms with Crippen molar-refractivity contribution in [2.75, 3.05) is 13.2 Å². The van der Waals surface area contributed by atoms with Crippen molar-refractivity contribution in [3.63, 3.8) is 0 Å². The highest BCUT2D eigenvalue weighted by Gasteiger charge is 2.04. The maximum atomic E-state index is 5.75. The van der Waals surface area contributed by atoms with Crippen LogP contribution in [0.5, 0.6) is 11.5 Å². The predicted molar refractivity (Wildman–Crippen MR) is 148 cm³/mol. The summed E-state index contributed by atoms with van der Waals surface area (Å²) in [5.41, 5.74) is 4.52. The molecule has 177 valence electrons. The van der Waals surface area contributed by atoms with E-state index in [4.69, 9.17) is 22.1 Å². The Hall–Kier alpha value is -2.91. The molecule has 3 heteroatoms. The number of ether oxygens (including phenoxy) is 2. The van der Waals surface area contributed by atoms with Crippen molar-refractivity contribution >= 4 is 30.9 Å². The number of benzene rings is 3. The van der Waals surface area contributed by atoms with E-state index < -0.39 is 0 Å². The van der Waals surface area contributed by atoms with E-state index in [0.717, 1.165) is 72.6 Å². The van der Waals surface area contributed by atoms with Crippen LogP contribution in [-0.2, 0) is 0 Å². The van der Waals surface area contributed by atoms with E-state index in [2.05, 4.69) is 86.7 Å². The van der Waals surface area contributed by atoms with E-state index in [9.17, 15) is 0 Å². The molecule has 3 rings (SSSR count). The second kappa shape index (κ2) is 14.4. The van der Waals surface area contributed by atoms with Crippen LogP contribution < -0.4 is 9.47 Å². The molecule has 1 unspecified atom stereocenters. The van der Waals surface area contributed by atoms with Gasteiger partial charge in [0, 0.05) is 0 Å². The third kappa shape index (κ3) is 8.79. The van der Waals surface area contributed by atoms with Gasteiger partial charge in [-0.2, -0.15) is 0 Å². The van der Waals surface area contributed by atoms with Crippen molar-refractivity contribution in [3.05, 3.63) is 101 Å². The van der Waals surface area contributed by atoms with Gasteiger partial charge in [-0.15, -0.1) is 0 Å². The molecule has 0 N–H and O–H groups in total. The summed E-state index contributed by atoms with van der Waals surface area (Å²) in [5, 5.41) is -0.0895. The average molecular weight is 472 g/mol. The van der Waals surface area contributed by atoms with Crippen LogP contribution in [0.1, 0.15) is 67.0 Å². The summed E-state index contributed by atoms with van der Waals surface area (Å²) in [6.07, 6.45) is 12.8. The third-order valence-electron chi connectivity index (χ3n) is 5.46. The van der Waals surface area contributed by atoms with E-state index >= 15 is 0 Å². The number of hydrogen-bond acceptors (Lipinski definition) is 2. The molecule has 34 heavy (non-hydrogen) atoms. The Morgan fingerprint density at radius 2 is 1.21 bits per heavy atom. The predicted octanol–water partition coefficient (Wildman–Crippen LogP) is 9.17. The van der Waals surface area contributed by atoms with Crippen LogP contribution >= 0.6 is 12.6 Å². The zero-order valence-corrected chi connectivity index (χ0v) is 21.1. The molecule has 0 bridgehead atoms. The van der Waals surface area contributed by atoms with Crippen LogP contribution in [0.4, 0.5) is 0 Å². The maximum Gasteiger partial charge on any atom is 0.119 e. The van der Waals surface area contributed by atoms with Crippen molar-refractivity contribution in [1.29, 1.82) is 0 Å². The quantitative estimate of drug-likeness (QED) is 0.183. The molecule has 0 aromatic heterocycles. The topological polar surface area (TPSA) is 18.5 Å². The Balaban J connectivity index is 1.56. The van der Waals surface area contributed by atoms with Gasteiger partial charge in [0.15, 0.2) is 0 Å². The lowest BCUT2D eigenvalue weighted by Crippen LogP contribution is -1.95. The summed E-state index contributed by atoms with van der Waals surface area (Å²) in [7, 11) is 0.